The van der Waals surface area contributed by atoms with Crippen LogP contribution in [0.2, 0.25) is 54.4 Å². The van der Waals surface area contributed by atoms with E-state index in [1.807, 2.05) is 26.2 Å². The summed E-state index contributed by atoms with van der Waals surface area (Å²) in [6, 6.07) is 11.1. The van der Waals surface area contributed by atoms with Crippen molar-refractivity contribution in [2.24, 2.45) is 22.7 Å². The fourth-order valence-corrected chi connectivity index (χ4v) is 20.7. The van der Waals surface area contributed by atoms with Crippen LogP contribution in [0.3, 0.4) is 0 Å². The zero-order valence-corrected chi connectivity index (χ0v) is 42.5. The molecule has 3 fully saturated rings. The maximum Gasteiger partial charge on any atom is 0.348 e. The second kappa shape index (κ2) is 17.8. The van der Waals surface area contributed by atoms with Crippen molar-refractivity contribution in [3.8, 4) is 0 Å². The number of esters is 2. The number of ketones is 1. The van der Waals surface area contributed by atoms with Crippen LogP contribution in [-0.4, -0.2) is 90.0 Å². The number of thiophene rings is 1. The van der Waals surface area contributed by atoms with Gasteiger partial charge >= 0.3 is 11.9 Å². The molecule has 1 aromatic rings. The molecule has 59 heavy (non-hydrogen) atoms. The van der Waals surface area contributed by atoms with Crippen molar-refractivity contribution in [1.82, 2.24) is 0 Å². The van der Waals surface area contributed by atoms with Gasteiger partial charge in [-0.2, -0.15) is 0 Å². The van der Waals surface area contributed by atoms with Crippen molar-refractivity contribution in [3.05, 3.63) is 33.7 Å². The number of aliphatic hydroxyl groups is 1. The molecule has 1 saturated heterocycles. The van der Waals surface area contributed by atoms with Crippen LogP contribution in [0.15, 0.2) is 28.8 Å². The Labute approximate surface area is 362 Å². The standard InChI is InChI=1S/C45H76O10SSi3/c1-15-57(16-2,17-3)53-32-28-45(49)40(51-41(48)33-25-24-26-56-33)38-43(14,39(47)37(36(30(32)10)42(45,12)13)55-59(21-7,22-8)23-9)34(54-58(18-4,19-5)20-6)27-35-44(38,29-50-35)52-31(11)46/h24-26,30,32,34-35,38,40,49H,15-23,27-29H2,1-14H3/t30?,32-,34-,35+,38-,40-,43+,44-,45+/m0/s1. The molecule has 2 bridgehead atoms. The Morgan fingerprint density at radius 3 is 1.86 bits per heavy atom. The first-order valence-electron chi connectivity index (χ1n) is 22.8. The van der Waals surface area contributed by atoms with Crippen molar-refractivity contribution in [3.63, 3.8) is 0 Å². The fourth-order valence-electron chi connectivity index (χ4n) is 11.6. The molecule has 14 heteroatoms. The Balaban J connectivity index is 1.97. The van der Waals surface area contributed by atoms with E-state index in [1.54, 1.807) is 12.1 Å². The molecule has 0 radical (unpaired) electrons. The quantitative estimate of drug-likeness (QED) is 0.112. The highest BCUT2D eigenvalue weighted by atomic mass is 32.1. The van der Waals surface area contributed by atoms with E-state index < -0.39 is 89.3 Å². The molecule has 1 aliphatic heterocycles. The predicted octanol–water partition coefficient (Wildman–Crippen LogP) is 10.4. The van der Waals surface area contributed by atoms with Gasteiger partial charge in [-0.25, -0.2) is 4.79 Å². The first-order valence-corrected chi connectivity index (χ1v) is 31.3. The summed E-state index contributed by atoms with van der Waals surface area (Å²) in [4.78, 5) is 45.1. The maximum atomic E-state index is 16.7. The minimum atomic E-state index is -2.59. The van der Waals surface area contributed by atoms with E-state index in [4.69, 9.17) is 27.5 Å². The van der Waals surface area contributed by atoms with Gasteiger partial charge in [0.2, 0.25) is 5.78 Å². The van der Waals surface area contributed by atoms with Crippen molar-refractivity contribution >= 4 is 54.0 Å². The van der Waals surface area contributed by atoms with Gasteiger partial charge in [0, 0.05) is 31.1 Å². The molecule has 4 aliphatic rings. The van der Waals surface area contributed by atoms with Gasteiger partial charge < -0.3 is 32.6 Å². The van der Waals surface area contributed by atoms with Crippen molar-refractivity contribution < 1.29 is 47.0 Å². The number of Topliss-reactive ketones (excluding diaryl/α,β-unsaturated/α-hetero) is 1. The molecule has 334 valence electrons. The lowest BCUT2D eigenvalue weighted by molar-refractivity contribution is -0.343. The van der Waals surface area contributed by atoms with Crippen LogP contribution in [0.5, 0.6) is 0 Å². The molecule has 0 aromatic carbocycles. The smallest absolute Gasteiger partial charge is 0.348 e. The highest BCUT2D eigenvalue weighted by Crippen LogP contribution is 2.66. The van der Waals surface area contributed by atoms with E-state index in [2.05, 4.69) is 69.2 Å². The summed E-state index contributed by atoms with van der Waals surface area (Å²) in [5.74, 6) is -2.45. The Kier molecular flexibility index (Phi) is 14.6. The van der Waals surface area contributed by atoms with Gasteiger partial charge in [-0.3, -0.25) is 9.59 Å². The number of carbonyl (C=O) groups is 3. The molecule has 3 aliphatic carbocycles. The van der Waals surface area contributed by atoms with Gasteiger partial charge in [0.05, 0.1) is 30.1 Å². The number of hydrogen-bond acceptors (Lipinski definition) is 11. The summed E-state index contributed by atoms with van der Waals surface area (Å²) in [6.07, 6.45) is -2.79. The van der Waals surface area contributed by atoms with Gasteiger partial charge in [-0.15, -0.1) is 11.3 Å². The predicted molar refractivity (Wildman–Crippen MR) is 241 cm³/mol. The summed E-state index contributed by atoms with van der Waals surface area (Å²) in [7, 11) is -7.35. The zero-order chi connectivity index (χ0) is 44.0. The topological polar surface area (TPSA) is 127 Å². The monoisotopic (exact) mass is 892 g/mol. The fraction of sp³-hybridized carbons (Fsp3) is 0.800. The zero-order valence-electron chi connectivity index (χ0n) is 38.7. The normalized spacial score (nSPS) is 33.2. The summed E-state index contributed by atoms with van der Waals surface area (Å²) in [5.41, 5.74) is -5.20. The highest BCUT2D eigenvalue weighted by Gasteiger charge is 2.78. The van der Waals surface area contributed by atoms with Crippen molar-refractivity contribution in [1.29, 1.82) is 0 Å². The summed E-state index contributed by atoms with van der Waals surface area (Å²) >= 11 is 1.26. The first-order chi connectivity index (χ1) is 27.7. The molecule has 0 spiro atoms. The Morgan fingerprint density at radius 1 is 0.864 bits per heavy atom. The van der Waals surface area contributed by atoms with Crippen LogP contribution in [0.25, 0.3) is 0 Å². The average Bonchev–Trinajstić information content (AvgIpc) is 3.77. The summed E-state index contributed by atoms with van der Waals surface area (Å²) in [5, 5.41) is 16.1. The largest absolute Gasteiger partial charge is 0.541 e. The second-order valence-corrected chi connectivity index (χ2v) is 33.9. The molecular weight excluding hydrogens is 817 g/mol. The van der Waals surface area contributed by atoms with Gasteiger partial charge in [-0.1, -0.05) is 89.2 Å². The van der Waals surface area contributed by atoms with E-state index in [9.17, 15) is 14.7 Å². The third-order valence-corrected chi connectivity index (χ3v) is 31.2. The van der Waals surface area contributed by atoms with Crippen LogP contribution < -0.4 is 0 Å². The SMILES string of the molecule is CC[Si](CC)(CC)OC1=C2C(C)[C@@H](O[Si](CC)(CC)CC)C[C@@](O)([C@@H](OC(=O)c3cccs3)[C@@H]3[C@]4(OC(C)=O)CO[C@@H]4C[C@H](O[Si](CC)(CC)CC)[C@@]3(C)C1=O)C2(C)C. The number of rotatable bonds is 18. The molecule has 9 atom stereocenters. The third kappa shape index (κ3) is 7.77. The number of fused-ring (bicyclic) bond motifs is 5. The van der Waals surface area contributed by atoms with Crippen molar-refractivity contribution in [2.75, 3.05) is 6.61 Å². The Morgan fingerprint density at radius 2 is 1.41 bits per heavy atom. The summed E-state index contributed by atoms with van der Waals surface area (Å²) < 4.78 is 42.2. The van der Waals surface area contributed by atoms with Gasteiger partial charge in [0.1, 0.15) is 28.4 Å². The summed E-state index contributed by atoms with van der Waals surface area (Å²) in [6.45, 7) is 28.9. The molecule has 1 unspecified atom stereocenters. The average molecular weight is 893 g/mol. The van der Waals surface area contributed by atoms with Crippen LogP contribution in [0.4, 0.5) is 0 Å². The van der Waals surface area contributed by atoms with E-state index in [1.165, 1.54) is 18.3 Å². The molecule has 0 amide bonds. The van der Waals surface area contributed by atoms with Crippen molar-refractivity contribution in [2.45, 2.75) is 200 Å². The van der Waals surface area contributed by atoms with E-state index in [0.717, 1.165) is 54.4 Å². The minimum Gasteiger partial charge on any atom is -0.541 e. The maximum absolute atomic E-state index is 16.7. The third-order valence-electron chi connectivity index (χ3n) is 16.5. The molecule has 10 nitrogen and oxygen atoms in total. The number of ether oxygens (including phenoxy) is 3. The highest BCUT2D eigenvalue weighted by molar-refractivity contribution is 7.12. The number of allylic oxidation sites excluding steroid dienone is 1. The molecule has 2 saturated carbocycles. The van der Waals surface area contributed by atoms with Gasteiger partial charge in [-0.05, 0) is 78.3 Å². The number of carbonyl (C=O) groups excluding carboxylic acids is 3. The molecule has 1 N–H and O–H groups in total. The van der Waals surface area contributed by atoms with Crippen LogP contribution in [0.1, 0.15) is 119 Å². The molecular formula is C45H76O10SSi3. The second-order valence-electron chi connectivity index (χ2n) is 18.9. The van der Waals surface area contributed by atoms with Crippen LogP contribution in [0, 0.1) is 22.7 Å². The first kappa shape index (κ1) is 48.4. The number of hydrogen-bond donors (Lipinski definition) is 1. The van der Waals surface area contributed by atoms with E-state index >= 15 is 4.79 Å². The van der Waals surface area contributed by atoms with Gasteiger partial charge in [0.15, 0.2) is 22.2 Å². The lowest BCUT2D eigenvalue weighted by Gasteiger charge is -2.68. The Hall–Kier alpha value is -1.66. The van der Waals surface area contributed by atoms with Crippen LogP contribution in [-0.2, 0) is 37.1 Å². The van der Waals surface area contributed by atoms with E-state index in [0.29, 0.717) is 22.6 Å². The van der Waals surface area contributed by atoms with Crippen LogP contribution >= 0.6 is 11.3 Å². The lowest BCUT2D eigenvalue weighted by atomic mass is 9.45. The molecule has 5 rings (SSSR count). The van der Waals surface area contributed by atoms with Gasteiger partial charge in [0.25, 0.3) is 8.32 Å². The van der Waals surface area contributed by atoms with E-state index in [-0.39, 0.29) is 24.7 Å². The Bertz CT molecular complexity index is 1680. The minimum absolute atomic E-state index is 0.0167. The lowest BCUT2D eigenvalue weighted by Crippen LogP contribution is -2.81. The molecule has 2 heterocycles. The molecule has 1 aromatic heterocycles.